The Morgan fingerprint density at radius 2 is 1.13 bits per heavy atom. The molecule has 0 saturated carbocycles. The zero-order chi connectivity index (χ0) is 16.7. The standard InChI is InChI=1S/C7H4F2O3.C7H4F2O2/c8-7(9)11-5-3-1-2-4(10)6(5)12-7;8-7(9)10-5-3-1-2-4-6(5)11-7/h1-3,10H;1-4H. The van der Waals surface area contributed by atoms with Crippen molar-refractivity contribution in [3.8, 4) is 28.7 Å². The zero-order valence-corrected chi connectivity index (χ0v) is 11.1. The average Bonchev–Trinajstić information content (AvgIpc) is 2.93. The summed E-state index contributed by atoms with van der Waals surface area (Å²) in [6.45, 7) is 0. The quantitative estimate of drug-likeness (QED) is 0.745. The maximum absolute atomic E-state index is 12.4. The molecular weight excluding hydrogens is 324 g/mol. The lowest BCUT2D eigenvalue weighted by Gasteiger charge is -2.04. The molecule has 0 radical (unpaired) electrons. The van der Waals surface area contributed by atoms with Gasteiger partial charge in [0.1, 0.15) is 0 Å². The normalized spacial score (nSPS) is 18.1. The smallest absolute Gasteiger partial charge is 0.504 e. The van der Waals surface area contributed by atoms with Crippen LogP contribution in [0.25, 0.3) is 0 Å². The van der Waals surface area contributed by atoms with Gasteiger partial charge >= 0.3 is 12.6 Å². The number of aromatic hydroxyl groups is 1. The summed E-state index contributed by atoms with van der Waals surface area (Å²) >= 11 is 0. The summed E-state index contributed by atoms with van der Waals surface area (Å²) in [5.74, 6) is -0.665. The van der Waals surface area contributed by atoms with Crippen LogP contribution in [0.5, 0.6) is 28.7 Å². The third-order valence-electron chi connectivity index (χ3n) is 2.71. The Bertz CT molecular complexity index is 708. The Morgan fingerprint density at radius 3 is 1.70 bits per heavy atom. The molecule has 5 nitrogen and oxygen atoms in total. The zero-order valence-electron chi connectivity index (χ0n) is 11.1. The Balaban J connectivity index is 0.000000136. The molecule has 9 heteroatoms. The summed E-state index contributed by atoms with van der Waals surface area (Å²) in [5.41, 5.74) is 0. The molecule has 1 N–H and O–H groups in total. The van der Waals surface area contributed by atoms with Crippen LogP contribution in [0, 0.1) is 0 Å². The summed E-state index contributed by atoms with van der Waals surface area (Å²) in [6, 6.07) is 9.97. The van der Waals surface area contributed by atoms with Crippen molar-refractivity contribution in [2.45, 2.75) is 12.6 Å². The van der Waals surface area contributed by atoms with Gasteiger partial charge in [-0.25, -0.2) is 0 Å². The highest BCUT2D eigenvalue weighted by molar-refractivity contribution is 5.52. The third-order valence-corrected chi connectivity index (χ3v) is 2.71. The topological polar surface area (TPSA) is 57.2 Å². The van der Waals surface area contributed by atoms with Crippen LogP contribution < -0.4 is 18.9 Å². The van der Waals surface area contributed by atoms with Gasteiger partial charge in [0, 0.05) is 0 Å². The van der Waals surface area contributed by atoms with Gasteiger partial charge in [-0.3, -0.25) is 0 Å². The number of hydrogen-bond donors (Lipinski definition) is 1. The van der Waals surface area contributed by atoms with E-state index in [1.54, 1.807) is 12.1 Å². The average molecular weight is 332 g/mol. The molecule has 0 aliphatic carbocycles. The number of ether oxygens (including phenoxy) is 4. The molecule has 122 valence electrons. The highest BCUT2D eigenvalue weighted by Crippen LogP contribution is 2.46. The third kappa shape index (κ3) is 3.17. The molecule has 0 fully saturated rings. The molecular formula is C14H8F4O5. The fourth-order valence-corrected chi connectivity index (χ4v) is 1.85. The van der Waals surface area contributed by atoms with E-state index in [1.807, 2.05) is 0 Å². The van der Waals surface area contributed by atoms with Gasteiger partial charge in [-0.15, -0.1) is 17.6 Å². The minimum Gasteiger partial charge on any atom is -0.504 e. The maximum Gasteiger partial charge on any atom is 0.586 e. The second-order valence-corrected chi connectivity index (χ2v) is 4.39. The number of halogens is 4. The molecule has 2 heterocycles. The Labute approximate surface area is 126 Å². The van der Waals surface area contributed by atoms with E-state index < -0.39 is 12.6 Å². The van der Waals surface area contributed by atoms with E-state index in [-0.39, 0.29) is 28.7 Å². The van der Waals surface area contributed by atoms with Crippen molar-refractivity contribution in [1.82, 2.24) is 0 Å². The van der Waals surface area contributed by atoms with Crippen LogP contribution in [0.1, 0.15) is 0 Å². The predicted octanol–water partition coefficient (Wildman–Crippen LogP) is 3.72. The number of phenolic OH excluding ortho intramolecular Hbond substituents is 1. The van der Waals surface area contributed by atoms with E-state index in [1.165, 1.54) is 30.3 Å². The molecule has 2 aromatic rings. The first-order chi connectivity index (χ1) is 10.8. The Hall–Kier alpha value is -2.84. The lowest BCUT2D eigenvalue weighted by atomic mass is 10.3. The van der Waals surface area contributed by atoms with Crippen LogP contribution in [0.3, 0.4) is 0 Å². The van der Waals surface area contributed by atoms with Crippen molar-refractivity contribution in [3.05, 3.63) is 42.5 Å². The van der Waals surface area contributed by atoms with Gasteiger partial charge in [-0.2, -0.15) is 0 Å². The summed E-state index contributed by atoms with van der Waals surface area (Å²) < 4.78 is 65.7. The van der Waals surface area contributed by atoms with Crippen LogP contribution in [0.4, 0.5) is 17.6 Å². The molecule has 4 rings (SSSR count). The summed E-state index contributed by atoms with van der Waals surface area (Å²) in [6.07, 6.45) is -7.16. The van der Waals surface area contributed by atoms with Crippen molar-refractivity contribution in [2.75, 3.05) is 0 Å². The van der Waals surface area contributed by atoms with Crippen LogP contribution >= 0.6 is 0 Å². The number of para-hydroxylation sites is 3. The number of alkyl halides is 4. The Kier molecular flexibility index (Phi) is 3.35. The molecule has 0 atom stereocenters. The van der Waals surface area contributed by atoms with E-state index in [4.69, 9.17) is 5.11 Å². The van der Waals surface area contributed by atoms with E-state index in [2.05, 4.69) is 18.9 Å². The summed E-state index contributed by atoms with van der Waals surface area (Å²) in [5, 5.41) is 9.03. The van der Waals surface area contributed by atoms with Crippen LogP contribution in [0.15, 0.2) is 42.5 Å². The van der Waals surface area contributed by atoms with Crippen LogP contribution in [-0.2, 0) is 0 Å². The summed E-state index contributed by atoms with van der Waals surface area (Å²) in [4.78, 5) is 0. The molecule has 0 saturated heterocycles. The first-order valence-corrected chi connectivity index (χ1v) is 6.18. The molecule has 0 spiro atoms. The van der Waals surface area contributed by atoms with Gasteiger partial charge in [-0.05, 0) is 24.3 Å². The van der Waals surface area contributed by atoms with Gasteiger partial charge in [0.05, 0.1) is 0 Å². The molecule has 0 bridgehead atoms. The second kappa shape index (κ2) is 5.11. The van der Waals surface area contributed by atoms with Crippen molar-refractivity contribution >= 4 is 0 Å². The fourth-order valence-electron chi connectivity index (χ4n) is 1.85. The monoisotopic (exact) mass is 332 g/mol. The number of benzene rings is 2. The molecule has 0 aromatic heterocycles. The van der Waals surface area contributed by atoms with E-state index in [9.17, 15) is 17.6 Å². The van der Waals surface area contributed by atoms with Crippen molar-refractivity contribution in [3.63, 3.8) is 0 Å². The maximum atomic E-state index is 12.4. The SMILES string of the molecule is FC1(F)Oc2ccccc2O1.Oc1cccc2c1OC(F)(F)O2. The fraction of sp³-hybridized carbons (Fsp3) is 0.143. The van der Waals surface area contributed by atoms with E-state index in [0.29, 0.717) is 0 Å². The number of hydrogen-bond acceptors (Lipinski definition) is 5. The van der Waals surface area contributed by atoms with Crippen molar-refractivity contribution < 1.29 is 41.6 Å². The first kappa shape index (κ1) is 15.1. The van der Waals surface area contributed by atoms with Crippen LogP contribution in [0.2, 0.25) is 0 Å². The minimum absolute atomic E-state index is 0.0810. The second-order valence-electron chi connectivity index (χ2n) is 4.39. The van der Waals surface area contributed by atoms with Crippen molar-refractivity contribution in [2.24, 2.45) is 0 Å². The number of phenols is 1. The van der Waals surface area contributed by atoms with E-state index in [0.717, 1.165) is 0 Å². The molecule has 23 heavy (non-hydrogen) atoms. The minimum atomic E-state index is -3.67. The molecule has 2 aliphatic heterocycles. The van der Waals surface area contributed by atoms with Gasteiger partial charge in [0.2, 0.25) is 5.75 Å². The Morgan fingerprint density at radius 1 is 0.652 bits per heavy atom. The van der Waals surface area contributed by atoms with Gasteiger partial charge in [0.15, 0.2) is 23.0 Å². The first-order valence-electron chi connectivity index (χ1n) is 6.18. The van der Waals surface area contributed by atoms with Gasteiger partial charge < -0.3 is 24.1 Å². The summed E-state index contributed by atoms with van der Waals surface area (Å²) in [7, 11) is 0. The lowest BCUT2D eigenvalue weighted by Crippen LogP contribution is -2.25. The van der Waals surface area contributed by atoms with Crippen LogP contribution in [-0.4, -0.2) is 17.7 Å². The number of fused-ring (bicyclic) bond motifs is 2. The molecule has 0 unspecified atom stereocenters. The highest BCUT2D eigenvalue weighted by atomic mass is 19.3. The molecule has 0 amide bonds. The lowest BCUT2D eigenvalue weighted by molar-refractivity contribution is -0.287. The molecule has 2 aliphatic rings. The van der Waals surface area contributed by atoms with Crippen molar-refractivity contribution in [1.29, 1.82) is 0 Å². The largest absolute Gasteiger partial charge is 0.586 e. The number of rotatable bonds is 0. The molecule has 2 aromatic carbocycles. The van der Waals surface area contributed by atoms with Gasteiger partial charge in [0.25, 0.3) is 0 Å². The highest BCUT2D eigenvalue weighted by Gasteiger charge is 2.44. The van der Waals surface area contributed by atoms with Gasteiger partial charge in [-0.1, -0.05) is 18.2 Å². The van der Waals surface area contributed by atoms with E-state index >= 15 is 0 Å². The predicted molar refractivity (Wildman–Crippen MR) is 67.0 cm³/mol.